The summed E-state index contributed by atoms with van der Waals surface area (Å²) in [7, 11) is 0. The number of rotatable bonds is 2. The van der Waals surface area contributed by atoms with Crippen LogP contribution >= 0.6 is 0 Å². The Balaban J connectivity index is 2.65. The minimum Gasteiger partial charge on any atom is -0.439 e. The molecule has 5 nitrogen and oxygen atoms in total. The van der Waals surface area contributed by atoms with Crippen molar-refractivity contribution in [3.8, 4) is 0 Å². The third kappa shape index (κ3) is 2.28. The summed E-state index contributed by atoms with van der Waals surface area (Å²) in [6.07, 6.45) is 2.20. The molecule has 0 saturated heterocycles. The fourth-order valence-corrected chi connectivity index (χ4v) is 0.689. The number of hydrogen-bond acceptors (Lipinski definition) is 5. The summed E-state index contributed by atoms with van der Waals surface area (Å²) < 4.78 is 4.65. The predicted octanol–water partition coefficient (Wildman–Crippen LogP) is -0.00300. The molecular weight excluding hydrogens is 158 g/mol. The van der Waals surface area contributed by atoms with E-state index in [-0.39, 0.29) is 0 Å². The van der Waals surface area contributed by atoms with Crippen LogP contribution in [0.1, 0.15) is 19.0 Å². The van der Waals surface area contributed by atoms with Gasteiger partial charge in [0.2, 0.25) is 6.23 Å². The van der Waals surface area contributed by atoms with Gasteiger partial charge < -0.3 is 4.74 Å². The van der Waals surface area contributed by atoms with Crippen LogP contribution in [0.5, 0.6) is 0 Å². The number of hydrogen-bond donors (Lipinski definition) is 1. The summed E-state index contributed by atoms with van der Waals surface area (Å²) >= 11 is 0. The lowest BCUT2D eigenvalue weighted by Gasteiger charge is -2.08. The molecule has 5 heteroatoms. The van der Waals surface area contributed by atoms with Crippen LogP contribution in [0.2, 0.25) is 0 Å². The summed E-state index contributed by atoms with van der Waals surface area (Å²) in [6.45, 7) is 1.28. The van der Waals surface area contributed by atoms with Gasteiger partial charge in [-0.25, -0.2) is 9.97 Å². The molecular formula is C7H9N3O2. The van der Waals surface area contributed by atoms with Crippen LogP contribution in [0, 0.1) is 0 Å². The Kier molecular flexibility index (Phi) is 2.71. The maximum Gasteiger partial charge on any atom is 0.304 e. The van der Waals surface area contributed by atoms with Crippen LogP contribution in [0.15, 0.2) is 18.5 Å². The van der Waals surface area contributed by atoms with Crippen molar-refractivity contribution in [3.63, 3.8) is 0 Å². The van der Waals surface area contributed by atoms with Crippen molar-refractivity contribution in [2.45, 2.75) is 13.2 Å². The Morgan fingerprint density at radius 2 is 2.17 bits per heavy atom. The van der Waals surface area contributed by atoms with Crippen LogP contribution in [0.25, 0.3) is 0 Å². The highest BCUT2D eigenvalue weighted by Gasteiger charge is 2.10. The minimum atomic E-state index is -0.872. The molecule has 1 aromatic heterocycles. The van der Waals surface area contributed by atoms with E-state index in [1.165, 1.54) is 19.3 Å². The van der Waals surface area contributed by atoms with Crippen molar-refractivity contribution in [1.29, 1.82) is 0 Å². The summed E-state index contributed by atoms with van der Waals surface area (Å²) in [4.78, 5) is 18.1. The van der Waals surface area contributed by atoms with E-state index in [1.807, 2.05) is 0 Å². The summed E-state index contributed by atoms with van der Waals surface area (Å²) in [5.41, 5.74) is 5.43. The molecule has 0 aliphatic heterocycles. The molecule has 1 heterocycles. The van der Waals surface area contributed by atoms with Crippen molar-refractivity contribution in [1.82, 2.24) is 9.97 Å². The van der Waals surface area contributed by atoms with Crippen molar-refractivity contribution in [3.05, 3.63) is 24.3 Å². The molecule has 0 aliphatic carbocycles. The topological polar surface area (TPSA) is 78.1 Å². The first kappa shape index (κ1) is 8.61. The Labute approximate surface area is 69.6 Å². The van der Waals surface area contributed by atoms with Gasteiger partial charge in [-0.1, -0.05) is 0 Å². The molecule has 64 valence electrons. The lowest BCUT2D eigenvalue weighted by atomic mass is 10.5. The van der Waals surface area contributed by atoms with E-state index >= 15 is 0 Å². The van der Waals surface area contributed by atoms with Crippen LogP contribution in [0.3, 0.4) is 0 Å². The zero-order valence-corrected chi connectivity index (χ0v) is 6.60. The Hall–Kier alpha value is -1.49. The van der Waals surface area contributed by atoms with E-state index in [1.54, 1.807) is 6.07 Å². The Morgan fingerprint density at radius 1 is 1.58 bits per heavy atom. The maximum atomic E-state index is 10.5. The molecule has 2 N–H and O–H groups in total. The van der Waals surface area contributed by atoms with Gasteiger partial charge in [0.1, 0.15) is 0 Å². The second kappa shape index (κ2) is 3.77. The van der Waals surface area contributed by atoms with Gasteiger partial charge in [0, 0.05) is 19.3 Å². The SMILES string of the molecule is CC(=O)OC(N)c1ncccn1. The molecule has 1 rings (SSSR count). The van der Waals surface area contributed by atoms with Crippen molar-refractivity contribution >= 4 is 5.97 Å². The van der Waals surface area contributed by atoms with Gasteiger partial charge in [0.25, 0.3) is 0 Å². The summed E-state index contributed by atoms with van der Waals surface area (Å²) in [5, 5.41) is 0. The first-order valence-corrected chi connectivity index (χ1v) is 3.40. The molecule has 0 radical (unpaired) electrons. The first-order chi connectivity index (χ1) is 5.70. The van der Waals surface area contributed by atoms with E-state index in [4.69, 9.17) is 5.73 Å². The standard InChI is InChI=1S/C7H9N3O2/c1-5(11)12-6(8)7-9-3-2-4-10-7/h2-4,6H,8H2,1H3. The van der Waals surface area contributed by atoms with Crippen LogP contribution in [0.4, 0.5) is 0 Å². The molecule has 0 fully saturated rings. The fourth-order valence-electron chi connectivity index (χ4n) is 0.689. The Bertz CT molecular complexity index is 263. The van der Waals surface area contributed by atoms with Gasteiger partial charge in [-0.2, -0.15) is 0 Å². The fraction of sp³-hybridized carbons (Fsp3) is 0.286. The first-order valence-electron chi connectivity index (χ1n) is 3.40. The molecule has 0 aromatic carbocycles. The highest BCUT2D eigenvalue weighted by Crippen LogP contribution is 2.03. The van der Waals surface area contributed by atoms with Gasteiger partial charge in [-0.3, -0.25) is 10.5 Å². The average molecular weight is 167 g/mol. The third-order valence-corrected chi connectivity index (χ3v) is 1.13. The highest BCUT2D eigenvalue weighted by atomic mass is 16.6. The number of nitrogens with zero attached hydrogens (tertiary/aromatic N) is 2. The smallest absolute Gasteiger partial charge is 0.304 e. The van der Waals surface area contributed by atoms with Gasteiger partial charge >= 0.3 is 5.97 Å². The normalized spacial score (nSPS) is 12.2. The molecule has 12 heavy (non-hydrogen) atoms. The molecule has 1 atom stereocenters. The molecule has 0 saturated carbocycles. The van der Waals surface area contributed by atoms with E-state index < -0.39 is 12.2 Å². The van der Waals surface area contributed by atoms with Gasteiger partial charge in [-0.15, -0.1) is 0 Å². The second-order valence-electron chi connectivity index (χ2n) is 2.14. The molecule has 0 bridgehead atoms. The molecule has 0 aliphatic rings. The molecule has 0 spiro atoms. The van der Waals surface area contributed by atoms with Crippen molar-refractivity contribution in [2.75, 3.05) is 0 Å². The number of carbonyl (C=O) groups excluding carboxylic acids is 1. The predicted molar refractivity (Wildman–Crippen MR) is 40.7 cm³/mol. The van der Waals surface area contributed by atoms with E-state index in [0.717, 1.165) is 0 Å². The van der Waals surface area contributed by atoms with E-state index in [0.29, 0.717) is 5.82 Å². The third-order valence-electron chi connectivity index (χ3n) is 1.13. The maximum absolute atomic E-state index is 10.5. The van der Waals surface area contributed by atoms with E-state index in [2.05, 4.69) is 14.7 Å². The molecule has 0 amide bonds. The van der Waals surface area contributed by atoms with Gasteiger partial charge in [0.05, 0.1) is 0 Å². The number of aromatic nitrogens is 2. The second-order valence-corrected chi connectivity index (χ2v) is 2.14. The average Bonchev–Trinajstić information content (AvgIpc) is 2.05. The van der Waals surface area contributed by atoms with E-state index in [9.17, 15) is 4.79 Å². The van der Waals surface area contributed by atoms with Gasteiger partial charge in [0.15, 0.2) is 5.82 Å². The lowest BCUT2D eigenvalue weighted by molar-refractivity contribution is -0.146. The number of carbonyl (C=O) groups is 1. The highest BCUT2D eigenvalue weighted by molar-refractivity contribution is 5.66. The number of nitrogens with two attached hydrogens (primary N) is 1. The summed E-state index contributed by atoms with van der Waals surface area (Å²) in [6, 6.07) is 1.66. The van der Waals surface area contributed by atoms with Crippen LogP contribution < -0.4 is 5.73 Å². The quantitative estimate of drug-likeness (QED) is 0.495. The molecule has 1 unspecified atom stereocenters. The van der Waals surface area contributed by atoms with Crippen LogP contribution in [-0.4, -0.2) is 15.9 Å². The van der Waals surface area contributed by atoms with Crippen molar-refractivity contribution in [2.24, 2.45) is 5.73 Å². The molecule has 1 aromatic rings. The zero-order valence-electron chi connectivity index (χ0n) is 6.60. The number of esters is 1. The zero-order chi connectivity index (χ0) is 8.97. The lowest BCUT2D eigenvalue weighted by Crippen LogP contribution is -2.19. The monoisotopic (exact) mass is 167 g/mol. The largest absolute Gasteiger partial charge is 0.439 e. The van der Waals surface area contributed by atoms with Crippen molar-refractivity contribution < 1.29 is 9.53 Å². The Morgan fingerprint density at radius 3 is 2.67 bits per heavy atom. The number of ether oxygens (including phenoxy) is 1. The van der Waals surface area contributed by atoms with Gasteiger partial charge in [-0.05, 0) is 6.07 Å². The van der Waals surface area contributed by atoms with Crippen LogP contribution in [-0.2, 0) is 9.53 Å². The minimum absolute atomic E-state index is 0.299. The summed E-state index contributed by atoms with van der Waals surface area (Å²) in [5.74, 6) is -0.150.